The van der Waals surface area contributed by atoms with E-state index in [1.807, 2.05) is 29.1 Å². The molecule has 0 saturated carbocycles. The Morgan fingerprint density at radius 2 is 2.39 bits per heavy atom. The molecular formula is C13H17N3OS. The molecule has 18 heavy (non-hydrogen) atoms. The quantitative estimate of drug-likeness (QED) is 0.813. The van der Waals surface area contributed by atoms with E-state index in [9.17, 15) is 4.79 Å². The number of aromatic nitrogens is 2. The van der Waals surface area contributed by atoms with Crippen molar-refractivity contribution >= 4 is 17.2 Å². The molecule has 2 aromatic heterocycles. The lowest BCUT2D eigenvalue weighted by Gasteiger charge is -2.03. The normalized spacial score (nSPS) is 10.5. The third kappa shape index (κ3) is 3.43. The van der Waals surface area contributed by atoms with Crippen LogP contribution in [0.3, 0.4) is 0 Å². The predicted octanol–water partition coefficient (Wildman–Crippen LogP) is 2.33. The van der Waals surface area contributed by atoms with Crippen LogP contribution in [-0.4, -0.2) is 22.2 Å². The molecule has 0 spiro atoms. The molecule has 1 amide bonds. The summed E-state index contributed by atoms with van der Waals surface area (Å²) in [5.41, 5.74) is 0. The molecule has 0 saturated heterocycles. The molecule has 0 radical (unpaired) electrons. The van der Waals surface area contributed by atoms with Gasteiger partial charge in [-0.3, -0.25) is 9.48 Å². The molecule has 0 atom stereocenters. The minimum atomic E-state index is 0.0279. The average Bonchev–Trinajstić information content (AvgIpc) is 3.05. The van der Waals surface area contributed by atoms with Crippen LogP contribution in [0.2, 0.25) is 0 Å². The van der Waals surface area contributed by atoms with Crippen LogP contribution in [0.4, 0.5) is 0 Å². The zero-order valence-corrected chi connectivity index (χ0v) is 11.2. The summed E-state index contributed by atoms with van der Waals surface area (Å²) in [6.45, 7) is 3.60. The number of hydrogen-bond donors (Lipinski definition) is 1. The largest absolute Gasteiger partial charge is 0.351 e. The standard InChI is InChI=1S/C13H17N3OS/c1-2-11-5-6-12(18-11)13(17)14-7-3-9-16-10-4-8-15-16/h4-6,8,10H,2-3,7,9H2,1H3,(H,14,17). The highest BCUT2D eigenvalue weighted by Crippen LogP contribution is 2.16. The second-order valence-electron chi connectivity index (χ2n) is 4.00. The molecule has 5 heteroatoms. The highest BCUT2D eigenvalue weighted by Gasteiger charge is 2.07. The van der Waals surface area contributed by atoms with Gasteiger partial charge in [-0.1, -0.05) is 6.92 Å². The number of thiophene rings is 1. The molecule has 2 heterocycles. The first-order valence-corrected chi connectivity index (χ1v) is 6.95. The Morgan fingerprint density at radius 3 is 3.06 bits per heavy atom. The molecule has 0 aromatic carbocycles. The van der Waals surface area contributed by atoms with E-state index in [2.05, 4.69) is 17.3 Å². The van der Waals surface area contributed by atoms with Crippen LogP contribution in [0, 0.1) is 0 Å². The number of nitrogens with one attached hydrogen (secondary N) is 1. The zero-order chi connectivity index (χ0) is 12.8. The highest BCUT2D eigenvalue weighted by atomic mass is 32.1. The number of hydrogen-bond acceptors (Lipinski definition) is 3. The molecule has 0 fully saturated rings. The van der Waals surface area contributed by atoms with E-state index in [1.54, 1.807) is 17.5 Å². The van der Waals surface area contributed by atoms with Gasteiger partial charge in [-0.2, -0.15) is 5.10 Å². The molecule has 1 N–H and O–H groups in total. The Bertz CT molecular complexity index is 490. The SMILES string of the molecule is CCc1ccc(C(=O)NCCCn2cccn2)s1. The third-order valence-electron chi connectivity index (χ3n) is 2.64. The van der Waals surface area contributed by atoms with Gasteiger partial charge in [0.2, 0.25) is 0 Å². The maximum atomic E-state index is 11.8. The van der Waals surface area contributed by atoms with Crippen molar-refractivity contribution in [2.24, 2.45) is 0 Å². The number of nitrogens with zero attached hydrogens (tertiary/aromatic N) is 2. The molecule has 0 unspecified atom stereocenters. The van der Waals surface area contributed by atoms with E-state index in [0.717, 1.165) is 24.3 Å². The highest BCUT2D eigenvalue weighted by molar-refractivity contribution is 7.14. The summed E-state index contributed by atoms with van der Waals surface area (Å²) in [7, 11) is 0. The van der Waals surface area contributed by atoms with Crippen molar-refractivity contribution < 1.29 is 4.79 Å². The first-order valence-electron chi connectivity index (χ1n) is 6.14. The molecule has 2 aromatic rings. The summed E-state index contributed by atoms with van der Waals surface area (Å²) in [5, 5.41) is 7.04. The van der Waals surface area contributed by atoms with Gasteiger partial charge in [0.15, 0.2) is 0 Å². The minimum absolute atomic E-state index is 0.0279. The Balaban J connectivity index is 1.71. The fourth-order valence-electron chi connectivity index (χ4n) is 1.65. The first kappa shape index (κ1) is 12.8. The van der Waals surface area contributed by atoms with Crippen LogP contribution in [0.1, 0.15) is 27.9 Å². The number of aryl methyl sites for hydroxylation is 2. The second-order valence-corrected chi connectivity index (χ2v) is 5.17. The summed E-state index contributed by atoms with van der Waals surface area (Å²) in [4.78, 5) is 13.9. The number of carbonyl (C=O) groups is 1. The Morgan fingerprint density at radius 1 is 1.50 bits per heavy atom. The van der Waals surface area contributed by atoms with Crippen LogP contribution in [0.15, 0.2) is 30.6 Å². The molecule has 0 bridgehead atoms. The van der Waals surface area contributed by atoms with Gasteiger partial charge in [0.25, 0.3) is 5.91 Å². The number of amides is 1. The lowest BCUT2D eigenvalue weighted by molar-refractivity contribution is 0.0956. The topological polar surface area (TPSA) is 46.9 Å². The maximum Gasteiger partial charge on any atom is 0.261 e. The van der Waals surface area contributed by atoms with E-state index in [-0.39, 0.29) is 5.91 Å². The Labute approximate surface area is 111 Å². The number of rotatable bonds is 6. The van der Waals surface area contributed by atoms with Crippen LogP contribution >= 0.6 is 11.3 Å². The van der Waals surface area contributed by atoms with Crippen molar-refractivity contribution in [1.82, 2.24) is 15.1 Å². The Hall–Kier alpha value is -1.62. The van der Waals surface area contributed by atoms with E-state index >= 15 is 0 Å². The van der Waals surface area contributed by atoms with Crippen molar-refractivity contribution in [3.05, 3.63) is 40.3 Å². The van der Waals surface area contributed by atoms with Crippen molar-refractivity contribution in [3.63, 3.8) is 0 Å². The van der Waals surface area contributed by atoms with Crippen molar-refractivity contribution in [2.45, 2.75) is 26.3 Å². The van der Waals surface area contributed by atoms with Gasteiger partial charge < -0.3 is 5.32 Å². The van der Waals surface area contributed by atoms with Crippen LogP contribution in [0.5, 0.6) is 0 Å². The van der Waals surface area contributed by atoms with Gasteiger partial charge >= 0.3 is 0 Å². The molecular weight excluding hydrogens is 246 g/mol. The Kier molecular flexibility index (Phi) is 4.52. The van der Waals surface area contributed by atoms with Gasteiger partial charge in [-0.05, 0) is 31.0 Å². The summed E-state index contributed by atoms with van der Waals surface area (Å²) in [6, 6.07) is 5.81. The molecule has 4 nitrogen and oxygen atoms in total. The fourth-order valence-corrected chi connectivity index (χ4v) is 2.52. The van der Waals surface area contributed by atoms with E-state index in [4.69, 9.17) is 0 Å². The predicted molar refractivity (Wildman–Crippen MR) is 72.9 cm³/mol. The summed E-state index contributed by atoms with van der Waals surface area (Å²) < 4.78 is 1.87. The summed E-state index contributed by atoms with van der Waals surface area (Å²) in [6.07, 6.45) is 5.56. The maximum absolute atomic E-state index is 11.8. The fraction of sp³-hybridized carbons (Fsp3) is 0.385. The van der Waals surface area contributed by atoms with Gasteiger partial charge in [-0.15, -0.1) is 11.3 Å². The molecule has 2 rings (SSSR count). The van der Waals surface area contributed by atoms with Crippen LogP contribution in [-0.2, 0) is 13.0 Å². The molecule has 0 aliphatic rings. The van der Waals surface area contributed by atoms with E-state index < -0.39 is 0 Å². The average molecular weight is 263 g/mol. The summed E-state index contributed by atoms with van der Waals surface area (Å²) >= 11 is 1.57. The number of carbonyl (C=O) groups excluding carboxylic acids is 1. The van der Waals surface area contributed by atoms with Gasteiger partial charge in [0, 0.05) is 30.4 Å². The van der Waals surface area contributed by atoms with E-state index in [1.165, 1.54) is 4.88 Å². The first-order chi connectivity index (χ1) is 8.79. The zero-order valence-electron chi connectivity index (χ0n) is 10.4. The van der Waals surface area contributed by atoms with Crippen molar-refractivity contribution in [3.8, 4) is 0 Å². The summed E-state index contributed by atoms with van der Waals surface area (Å²) in [5.74, 6) is 0.0279. The lowest BCUT2D eigenvalue weighted by atomic mass is 10.3. The smallest absolute Gasteiger partial charge is 0.261 e. The van der Waals surface area contributed by atoms with Crippen LogP contribution < -0.4 is 5.32 Å². The molecule has 0 aliphatic heterocycles. The van der Waals surface area contributed by atoms with Crippen molar-refractivity contribution in [2.75, 3.05) is 6.54 Å². The molecule has 96 valence electrons. The van der Waals surface area contributed by atoms with E-state index in [0.29, 0.717) is 6.54 Å². The van der Waals surface area contributed by atoms with Crippen LogP contribution in [0.25, 0.3) is 0 Å². The third-order valence-corrected chi connectivity index (χ3v) is 3.87. The van der Waals surface area contributed by atoms with Gasteiger partial charge in [0.1, 0.15) is 0 Å². The van der Waals surface area contributed by atoms with Gasteiger partial charge in [-0.25, -0.2) is 0 Å². The van der Waals surface area contributed by atoms with Crippen molar-refractivity contribution in [1.29, 1.82) is 0 Å². The monoisotopic (exact) mass is 263 g/mol. The second kappa shape index (κ2) is 6.35. The lowest BCUT2D eigenvalue weighted by Crippen LogP contribution is -2.24. The molecule has 0 aliphatic carbocycles. The minimum Gasteiger partial charge on any atom is -0.351 e. The van der Waals surface area contributed by atoms with Gasteiger partial charge in [0.05, 0.1) is 4.88 Å².